The van der Waals surface area contributed by atoms with E-state index in [0.29, 0.717) is 22.7 Å². The number of amides is 1. The number of aryl methyl sites for hydroxylation is 1. The number of rotatable bonds is 5. The van der Waals surface area contributed by atoms with Gasteiger partial charge in [-0.15, -0.1) is 0 Å². The van der Waals surface area contributed by atoms with Crippen LogP contribution in [0.15, 0.2) is 33.5 Å². The van der Waals surface area contributed by atoms with Crippen LogP contribution in [0.1, 0.15) is 11.1 Å². The first-order chi connectivity index (χ1) is 13.7. The number of phenols is 2. The van der Waals surface area contributed by atoms with Gasteiger partial charge >= 0.3 is 5.63 Å². The second-order valence-corrected chi connectivity index (χ2v) is 6.65. The van der Waals surface area contributed by atoms with Crippen LogP contribution in [0.3, 0.4) is 0 Å². The number of fused-ring (bicyclic) bond motifs is 1. The molecule has 0 bridgehead atoms. The minimum Gasteiger partial charge on any atom is -0.508 e. The molecule has 3 rings (SSSR count). The van der Waals surface area contributed by atoms with Crippen LogP contribution in [0.5, 0.6) is 23.0 Å². The predicted octanol–water partition coefficient (Wildman–Crippen LogP) is 3.36. The Morgan fingerprint density at radius 2 is 1.83 bits per heavy atom. The number of nitrogens with one attached hydrogen (secondary N) is 1. The summed E-state index contributed by atoms with van der Waals surface area (Å²) in [7, 11) is 2.88. The van der Waals surface area contributed by atoms with E-state index in [1.807, 2.05) is 0 Å². The quantitative estimate of drug-likeness (QED) is 0.542. The largest absolute Gasteiger partial charge is 0.508 e. The Bertz CT molecular complexity index is 1170. The van der Waals surface area contributed by atoms with Gasteiger partial charge in [-0.2, -0.15) is 0 Å². The Kier molecular flexibility index (Phi) is 5.56. The number of hydrogen-bond acceptors (Lipinski definition) is 7. The molecule has 1 aromatic heterocycles. The first-order valence-corrected chi connectivity index (χ1v) is 8.82. The van der Waals surface area contributed by atoms with E-state index in [0.717, 1.165) is 6.07 Å². The molecular formula is C20H18ClNO7. The molecule has 3 aromatic rings. The van der Waals surface area contributed by atoms with Gasteiger partial charge in [-0.3, -0.25) is 4.79 Å². The van der Waals surface area contributed by atoms with E-state index in [1.165, 1.54) is 32.4 Å². The summed E-state index contributed by atoms with van der Waals surface area (Å²) in [6.07, 6.45) is -0.308. The Morgan fingerprint density at radius 1 is 1.14 bits per heavy atom. The number of hydrogen-bond donors (Lipinski definition) is 3. The number of methoxy groups -OCH3 is 2. The monoisotopic (exact) mass is 419 g/mol. The molecule has 0 atom stereocenters. The minimum absolute atomic E-state index is 0.0257. The van der Waals surface area contributed by atoms with E-state index in [9.17, 15) is 19.8 Å². The maximum Gasteiger partial charge on any atom is 0.340 e. The SMILES string of the molecule is COc1cc(OC)c(NC(=O)Cc2c(C)c3c(O)cc(O)cc3oc2=O)cc1Cl. The fourth-order valence-corrected chi connectivity index (χ4v) is 3.27. The minimum atomic E-state index is -0.741. The summed E-state index contributed by atoms with van der Waals surface area (Å²) < 4.78 is 15.5. The molecule has 0 fully saturated rings. The third-order valence-electron chi connectivity index (χ3n) is 4.43. The van der Waals surface area contributed by atoms with Crippen LogP contribution in [0, 0.1) is 6.92 Å². The van der Waals surface area contributed by atoms with Crippen LogP contribution in [-0.4, -0.2) is 30.3 Å². The molecule has 1 heterocycles. The molecule has 0 aliphatic rings. The Labute approximate surface area is 170 Å². The zero-order valence-corrected chi connectivity index (χ0v) is 16.6. The Balaban J connectivity index is 1.95. The van der Waals surface area contributed by atoms with E-state index in [4.69, 9.17) is 25.5 Å². The molecule has 0 saturated heterocycles. The highest BCUT2D eigenvalue weighted by atomic mass is 35.5. The highest BCUT2D eigenvalue weighted by Gasteiger charge is 2.19. The highest BCUT2D eigenvalue weighted by molar-refractivity contribution is 6.32. The van der Waals surface area contributed by atoms with Crippen molar-refractivity contribution in [3.63, 3.8) is 0 Å². The topological polar surface area (TPSA) is 118 Å². The van der Waals surface area contributed by atoms with Crippen molar-refractivity contribution < 1.29 is 28.9 Å². The van der Waals surface area contributed by atoms with Gasteiger partial charge in [0.15, 0.2) is 0 Å². The van der Waals surface area contributed by atoms with E-state index in [2.05, 4.69) is 5.32 Å². The van der Waals surface area contributed by atoms with Gasteiger partial charge in [0.1, 0.15) is 28.6 Å². The lowest BCUT2D eigenvalue weighted by Crippen LogP contribution is -2.21. The van der Waals surface area contributed by atoms with Gasteiger partial charge in [-0.25, -0.2) is 4.79 Å². The van der Waals surface area contributed by atoms with Crippen LogP contribution in [-0.2, 0) is 11.2 Å². The molecule has 1 amide bonds. The van der Waals surface area contributed by atoms with Gasteiger partial charge in [0.05, 0.1) is 42.3 Å². The molecule has 29 heavy (non-hydrogen) atoms. The molecule has 3 N–H and O–H groups in total. The molecular weight excluding hydrogens is 402 g/mol. The average molecular weight is 420 g/mol. The van der Waals surface area contributed by atoms with Crippen molar-refractivity contribution in [2.24, 2.45) is 0 Å². The number of anilines is 1. The average Bonchev–Trinajstić information content (AvgIpc) is 2.64. The number of aromatic hydroxyl groups is 2. The van der Waals surface area contributed by atoms with Gasteiger partial charge in [0.25, 0.3) is 0 Å². The molecule has 152 valence electrons. The maximum atomic E-state index is 12.6. The van der Waals surface area contributed by atoms with E-state index >= 15 is 0 Å². The third-order valence-corrected chi connectivity index (χ3v) is 4.72. The number of ether oxygens (including phenoxy) is 2. The second-order valence-electron chi connectivity index (χ2n) is 6.24. The molecule has 8 nitrogen and oxygen atoms in total. The molecule has 0 aliphatic carbocycles. The molecule has 0 saturated carbocycles. The number of phenolic OH excluding ortho intramolecular Hbond substituents is 2. The van der Waals surface area contributed by atoms with Gasteiger partial charge in [-0.05, 0) is 18.6 Å². The van der Waals surface area contributed by atoms with E-state index < -0.39 is 11.5 Å². The van der Waals surface area contributed by atoms with Crippen LogP contribution in [0.25, 0.3) is 11.0 Å². The van der Waals surface area contributed by atoms with Crippen molar-refractivity contribution in [1.82, 2.24) is 0 Å². The molecule has 2 aromatic carbocycles. The smallest absolute Gasteiger partial charge is 0.340 e. The summed E-state index contributed by atoms with van der Waals surface area (Å²) in [5.74, 6) is -0.308. The summed E-state index contributed by atoms with van der Waals surface area (Å²) in [6, 6.07) is 5.35. The van der Waals surface area contributed by atoms with Crippen molar-refractivity contribution in [3.05, 3.63) is 50.8 Å². The number of carbonyl (C=O) groups excluding carboxylic acids is 1. The van der Waals surface area contributed by atoms with Gasteiger partial charge in [0, 0.05) is 18.2 Å². The Morgan fingerprint density at radius 3 is 2.48 bits per heavy atom. The van der Waals surface area contributed by atoms with Crippen LogP contribution >= 0.6 is 11.6 Å². The van der Waals surface area contributed by atoms with Crippen molar-refractivity contribution >= 4 is 34.2 Å². The summed E-state index contributed by atoms with van der Waals surface area (Å²) in [5, 5.41) is 22.8. The summed E-state index contributed by atoms with van der Waals surface area (Å²) >= 11 is 6.10. The van der Waals surface area contributed by atoms with Crippen molar-refractivity contribution in [2.45, 2.75) is 13.3 Å². The number of halogens is 1. The lowest BCUT2D eigenvalue weighted by atomic mass is 10.0. The molecule has 0 spiro atoms. The molecule has 0 aliphatic heterocycles. The zero-order chi connectivity index (χ0) is 21.3. The van der Waals surface area contributed by atoms with Crippen molar-refractivity contribution in [3.8, 4) is 23.0 Å². The van der Waals surface area contributed by atoms with Gasteiger partial charge in [0.2, 0.25) is 5.91 Å². The normalized spacial score (nSPS) is 10.8. The number of benzene rings is 2. The fraction of sp³-hybridized carbons (Fsp3) is 0.200. The first-order valence-electron chi connectivity index (χ1n) is 8.44. The fourth-order valence-electron chi connectivity index (χ4n) is 3.03. The van der Waals surface area contributed by atoms with Crippen LogP contribution in [0.2, 0.25) is 5.02 Å². The molecule has 0 unspecified atom stereocenters. The van der Waals surface area contributed by atoms with Crippen molar-refractivity contribution in [1.29, 1.82) is 0 Å². The maximum absolute atomic E-state index is 12.6. The van der Waals surface area contributed by atoms with Crippen LogP contribution < -0.4 is 20.4 Å². The summed E-state index contributed by atoms with van der Waals surface area (Å²) in [6.45, 7) is 1.59. The van der Waals surface area contributed by atoms with Crippen molar-refractivity contribution in [2.75, 3.05) is 19.5 Å². The van der Waals surface area contributed by atoms with Gasteiger partial charge < -0.3 is 29.4 Å². The molecule has 9 heteroatoms. The summed E-state index contributed by atoms with van der Waals surface area (Å²) in [4.78, 5) is 24.9. The lowest BCUT2D eigenvalue weighted by Gasteiger charge is -2.14. The lowest BCUT2D eigenvalue weighted by molar-refractivity contribution is -0.115. The highest BCUT2D eigenvalue weighted by Crippen LogP contribution is 2.36. The second kappa shape index (κ2) is 7.92. The summed E-state index contributed by atoms with van der Waals surface area (Å²) in [5.41, 5.74) is 0.0461. The van der Waals surface area contributed by atoms with Crippen LogP contribution in [0.4, 0.5) is 5.69 Å². The third kappa shape index (κ3) is 3.93. The van der Waals surface area contributed by atoms with Gasteiger partial charge in [-0.1, -0.05) is 11.6 Å². The standard InChI is InChI=1S/C20H18ClNO7/c1-9-11(20(26)29-17-5-10(23)4-14(24)19(9)17)6-18(25)22-13-7-12(21)15(27-2)8-16(13)28-3/h4-5,7-8,23-24H,6H2,1-3H3,(H,22,25). The molecule has 0 radical (unpaired) electrons. The van der Waals surface area contributed by atoms with E-state index in [1.54, 1.807) is 6.92 Å². The number of carbonyl (C=O) groups is 1. The van der Waals surface area contributed by atoms with E-state index in [-0.39, 0.29) is 39.5 Å². The first kappa shape index (κ1) is 20.3. The zero-order valence-electron chi connectivity index (χ0n) is 15.8. The predicted molar refractivity (Wildman–Crippen MR) is 107 cm³/mol. The Hall–Kier alpha value is -3.39.